The van der Waals surface area contributed by atoms with Crippen molar-refractivity contribution < 1.29 is 4.74 Å². The molecule has 0 aliphatic heterocycles. The van der Waals surface area contributed by atoms with E-state index in [-0.39, 0.29) is 0 Å². The zero-order valence-corrected chi connectivity index (χ0v) is 14.3. The standard InChI is InChI=1S/C16H19N3OS2/c1-10-6-7-13-14(8-10)22-16(18-13)19-15(21)17-11-4-3-5-12(9-11)20-2/h3-5,9-10H,6-8H2,1-2H3,(H2,17,18,19,21). The molecule has 1 aliphatic carbocycles. The molecule has 0 saturated carbocycles. The molecule has 1 aromatic carbocycles. The number of fused-ring (bicyclic) bond motifs is 1. The molecule has 0 spiro atoms. The van der Waals surface area contributed by atoms with Crippen molar-refractivity contribution in [3.8, 4) is 5.75 Å². The van der Waals surface area contributed by atoms with Gasteiger partial charge in [0.1, 0.15) is 5.75 Å². The third-order valence-electron chi connectivity index (χ3n) is 3.73. The number of hydrogen-bond acceptors (Lipinski definition) is 4. The maximum absolute atomic E-state index is 5.37. The SMILES string of the molecule is COc1cccc(NC(=S)Nc2nc3c(s2)CC(C)CC3)c1. The molecule has 116 valence electrons. The van der Waals surface area contributed by atoms with Gasteiger partial charge in [0, 0.05) is 16.6 Å². The highest BCUT2D eigenvalue weighted by atomic mass is 32.1. The molecular weight excluding hydrogens is 314 g/mol. The lowest BCUT2D eigenvalue weighted by atomic mass is 9.93. The number of aryl methyl sites for hydroxylation is 1. The van der Waals surface area contributed by atoms with Gasteiger partial charge in [-0.25, -0.2) is 4.98 Å². The van der Waals surface area contributed by atoms with E-state index in [9.17, 15) is 0 Å². The summed E-state index contributed by atoms with van der Waals surface area (Å²) < 4.78 is 5.21. The zero-order valence-electron chi connectivity index (χ0n) is 12.7. The van der Waals surface area contributed by atoms with Crippen LogP contribution in [0.1, 0.15) is 23.9 Å². The Morgan fingerprint density at radius 3 is 3.09 bits per heavy atom. The number of rotatable bonds is 3. The predicted octanol–water partition coefficient (Wildman–Crippen LogP) is 4.09. The number of benzene rings is 1. The van der Waals surface area contributed by atoms with Crippen molar-refractivity contribution in [1.82, 2.24) is 4.98 Å². The molecule has 3 rings (SSSR count). The Balaban J connectivity index is 1.64. The minimum Gasteiger partial charge on any atom is -0.497 e. The van der Waals surface area contributed by atoms with Crippen LogP contribution in [0.4, 0.5) is 10.8 Å². The summed E-state index contributed by atoms with van der Waals surface area (Å²) in [6, 6.07) is 7.68. The molecule has 2 N–H and O–H groups in total. The number of anilines is 2. The first-order valence-corrected chi connectivity index (χ1v) is 8.57. The van der Waals surface area contributed by atoms with Crippen LogP contribution in [0.3, 0.4) is 0 Å². The Kier molecular flexibility index (Phi) is 4.59. The molecule has 0 radical (unpaired) electrons. The molecule has 22 heavy (non-hydrogen) atoms. The Morgan fingerprint density at radius 1 is 1.41 bits per heavy atom. The smallest absolute Gasteiger partial charge is 0.189 e. The van der Waals surface area contributed by atoms with Gasteiger partial charge in [0.2, 0.25) is 0 Å². The first-order chi connectivity index (χ1) is 10.6. The van der Waals surface area contributed by atoms with Crippen LogP contribution in [0.5, 0.6) is 5.75 Å². The molecule has 6 heteroatoms. The number of nitrogens with one attached hydrogen (secondary N) is 2. The lowest BCUT2D eigenvalue weighted by molar-refractivity contribution is 0.415. The molecule has 1 unspecified atom stereocenters. The average molecular weight is 333 g/mol. The summed E-state index contributed by atoms with van der Waals surface area (Å²) in [5.74, 6) is 1.55. The van der Waals surface area contributed by atoms with Crippen molar-refractivity contribution in [1.29, 1.82) is 0 Å². The molecule has 2 aromatic rings. The lowest BCUT2D eigenvalue weighted by Crippen LogP contribution is -2.19. The lowest BCUT2D eigenvalue weighted by Gasteiger charge is -2.15. The summed E-state index contributed by atoms with van der Waals surface area (Å²) in [4.78, 5) is 6.05. The summed E-state index contributed by atoms with van der Waals surface area (Å²) in [5.41, 5.74) is 2.13. The first kappa shape index (κ1) is 15.2. The van der Waals surface area contributed by atoms with Crippen LogP contribution in [0, 0.1) is 5.92 Å². The van der Waals surface area contributed by atoms with Crippen molar-refractivity contribution in [3.63, 3.8) is 0 Å². The predicted molar refractivity (Wildman–Crippen MR) is 96.1 cm³/mol. The quantitative estimate of drug-likeness (QED) is 0.829. The third-order valence-corrected chi connectivity index (χ3v) is 4.97. The zero-order chi connectivity index (χ0) is 15.5. The van der Waals surface area contributed by atoms with Crippen molar-refractivity contribution in [2.45, 2.75) is 26.2 Å². The summed E-state index contributed by atoms with van der Waals surface area (Å²) in [6.45, 7) is 2.30. The Bertz CT molecular complexity index is 684. The summed E-state index contributed by atoms with van der Waals surface area (Å²) >= 11 is 7.08. The van der Waals surface area contributed by atoms with E-state index in [0.717, 1.165) is 35.3 Å². The number of methoxy groups -OCH3 is 1. The molecule has 0 fully saturated rings. The van der Waals surface area contributed by atoms with E-state index in [1.54, 1.807) is 18.4 Å². The van der Waals surface area contributed by atoms with Crippen molar-refractivity contribution in [2.24, 2.45) is 5.92 Å². The van der Waals surface area contributed by atoms with Gasteiger partial charge in [-0.15, -0.1) is 11.3 Å². The van der Waals surface area contributed by atoms with Crippen LogP contribution >= 0.6 is 23.6 Å². The van der Waals surface area contributed by atoms with E-state index >= 15 is 0 Å². The van der Waals surface area contributed by atoms with Gasteiger partial charge in [-0.3, -0.25) is 0 Å². The van der Waals surface area contributed by atoms with Gasteiger partial charge < -0.3 is 15.4 Å². The molecule has 0 saturated heterocycles. The van der Waals surface area contributed by atoms with Gasteiger partial charge in [0.25, 0.3) is 0 Å². The van der Waals surface area contributed by atoms with E-state index in [0.29, 0.717) is 5.11 Å². The maximum Gasteiger partial charge on any atom is 0.189 e. The molecule has 0 bridgehead atoms. The van der Waals surface area contributed by atoms with Crippen LogP contribution in [0.15, 0.2) is 24.3 Å². The van der Waals surface area contributed by atoms with Gasteiger partial charge in [-0.05, 0) is 49.5 Å². The number of nitrogens with zero attached hydrogens (tertiary/aromatic N) is 1. The van der Waals surface area contributed by atoms with Gasteiger partial charge in [0.05, 0.1) is 12.8 Å². The number of aromatic nitrogens is 1. The second kappa shape index (κ2) is 6.62. The summed E-state index contributed by atoms with van der Waals surface area (Å²) in [7, 11) is 1.65. The fraction of sp³-hybridized carbons (Fsp3) is 0.375. The van der Waals surface area contributed by atoms with Crippen LogP contribution in [-0.2, 0) is 12.8 Å². The van der Waals surface area contributed by atoms with E-state index < -0.39 is 0 Å². The van der Waals surface area contributed by atoms with Crippen molar-refractivity contribution >= 4 is 39.5 Å². The van der Waals surface area contributed by atoms with Crippen molar-refractivity contribution in [2.75, 3.05) is 17.7 Å². The average Bonchev–Trinajstić information content (AvgIpc) is 2.88. The van der Waals surface area contributed by atoms with Gasteiger partial charge in [0.15, 0.2) is 10.2 Å². The Morgan fingerprint density at radius 2 is 2.27 bits per heavy atom. The van der Waals surface area contributed by atoms with Crippen molar-refractivity contribution in [3.05, 3.63) is 34.8 Å². The van der Waals surface area contributed by atoms with E-state index in [2.05, 4.69) is 22.5 Å². The Labute approximate surface area is 139 Å². The molecule has 1 heterocycles. The van der Waals surface area contributed by atoms with E-state index in [4.69, 9.17) is 17.0 Å². The highest BCUT2D eigenvalue weighted by Crippen LogP contribution is 2.32. The van der Waals surface area contributed by atoms with Crippen LogP contribution in [0.2, 0.25) is 0 Å². The molecular formula is C16H19N3OS2. The highest BCUT2D eigenvalue weighted by molar-refractivity contribution is 7.80. The molecule has 1 atom stereocenters. The second-order valence-corrected chi connectivity index (χ2v) is 7.04. The number of ether oxygens (including phenoxy) is 1. The number of thiocarbonyl (C=S) groups is 1. The summed E-state index contributed by atoms with van der Waals surface area (Å²) in [6.07, 6.45) is 3.43. The molecule has 1 aromatic heterocycles. The third kappa shape index (κ3) is 3.56. The maximum atomic E-state index is 5.37. The fourth-order valence-electron chi connectivity index (χ4n) is 2.55. The number of thiazole rings is 1. The number of hydrogen-bond donors (Lipinski definition) is 2. The fourth-order valence-corrected chi connectivity index (χ4v) is 4.01. The van der Waals surface area contributed by atoms with E-state index in [1.165, 1.54) is 17.0 Å². The minimum absolute atomic E-state index is 0.549. The van der Waals surface area contributed by atoms with Gasteiger partial charge in [-0.2, -0.15) is 0 Å². The van der Waals surface area contributed by atoms with Gasteiger partial charge >= 0.3 is 0 Å². The summed E-state index contributed by atoms with van der Waals surface area (Å²) in [5, 5.41) is 7.77. The van der Waals surface area contributed by atoms with Crippen LogP contribution < -0.4 is 15.4 Å². The highest BCUT2D eigenvalue weighted by Gasteiger charge is 2.19. The Hall–Kier alpha value is -1.66. The molecule has 1 aliphatic rings. The largest absolute Gasteiger partial charge is 0.497 e. The first-order valence-electron chi connectivity index (χ1n) is 7.34. The minimum atomic E-state index is 0.549. The van der Waals surface area contributed by atoms with Gasteiger partial charge in [-0.1, -0.05) is 13.0 Å². The normalized spacial score (nSPS) is 16.7. The van der Waals surface area contributed by atoms with E-state index in [1.807, 2.05) is 24.3 Å². The monoisotopic (exact) mass is 333 g/mol. The molecule has 0 amide bonds. The molecule has 4 nitrogen and oxygen atoms in total. The second-order valence-electron chi connectivity index (χ2n) is 5.55. The van der Waals surface area contributed by atoms with Crippen LogP contribution in [0.25, 0.3) is 0 Å². The topological polar surface area (TPSA) is 46.2 Å². The van der Waals surface area contributed by atoms with Crippen LogP contribution in [-0.4, -0.2) is 17.2 Å².